The van der Waals surface area contributed by atoms with Crippen molar-refractivity contribution in [3.05, 3.63) is 35.1 Å². The third-order valence-corrected chi connectivity index (χ3v) is 3.37. The Morgan fingerprint density at radius 3 is 2.25 bits per heavy atom. The fraction of sp³-hybridized carbons (Fsp3) is 0.571. The first-order chi connectivity index (χ1) is 9.15. The second-order valence-corrected chi connectivity index (χ2v) is 4.74. The average Bonchev–Trinajstić information content (AvgIpc) is 2.36. The Morgan fingerprint density at radius 1 is 1.25 bits per heavy atom. The van der Waals surface area contributed by atoms with E-state index in [1.54, 1.807) is 20.8 Å². The lowest BCUT2D eigenvalue weighted by molar-refractivity contribution is -0.140. The molecule has 1 aromatic rings. The first kappa shape index (κ1) is 16.9. The molecule has 0 bridgehead atoms. The van der Waals surface area contributed by atoms with Gasteiger partial charge in [0.2, 0.25) is 0 Å². The van der Waals surface area contributed by atoms with Crippen molar-refractivity contribution in [3.8, 4) is 0 Å². The van der Waals surface area contributed by atoms with E-state index in [9.17, 15) is 22.7 Å². The summed E-state index contributed by atoms with van der Waals surface area (Å²) in [5.41, 5.74) is -2.25. The number of halogens is 4. The van der Waals surface area contributed by atoms with Crippen LogP contribution in [0.1, 0.15) is 44.4 Å². The second kappa shape index (κ2) is 6.10. The van der Waals surface area contributed by atoms with Gasteiger partial charge in [0.1, 0.15) is 11.9 Å². The van der Waals surface area contributed by atoms with Crippen molar-refractivity contribution in [1.29, 1.82) is 0 Å². The minimum Gasteiger partial charge on any atom is -0.385 e. The van der Waals surface area contributed by atoms with Crippen LogP contribution >= 0.6 is 0 Å². The molecule has 0 amide bonds. The smallest absolute Gasteiger partial charge is 0.385 e. The standard InChI is InChI=1S/C14H18F4O2/c1-4-13(3,20-5-2)12(19)9-6-7-10(11(15)8-9)14(16,17)18/h6-8,12,19H,4-5H2,1-3H3. The number of ether oxygens (including phenoxy) is 1. The Hall–Kier alpha value is -1.14. The first-order valence-electron chi connectivity index (χ1n) is 6.34. The van der Waals surface area contributed by atoms with E-state index in [-0.39, 0.29) is 5.56 Å². The molecule has 0 saturated heterocycles. The summed E-state index contributed by atoms with van der Waals surface area (Å²) in [5.74, 6) is -1.40. The zero-order valence-electron chi connectivity index (χ0n) is 11.6. The molecule has 1 aromatic carbocycles. The van der Waals surface area contributed by atoms with E-state index < -0.39 is 29.3 Å². The van der Waals surface area contributed by atoms with Crippen LogP contribution in [0.25, 0.3) is 0 Å². The van der Waals surface area contributed by atoms with Crippen LogP contribution in [-0.2, 0) is 10.9 Å². The molecule has 2 atom stereocenters. The van der Waals surface area contributed by atoms with E-state index in [1.165, 1.54) is 0 Å². The molecule has 0 aromatic heterocycles. The van der Waals surface area contributed by atoms with Crippen LogP contribution in [0.15, 0.2) is 18.2 Å². The highest BCUT2D eigenvalue weighted by molar-refractivity contribution is 5.29. The quantitative estimate of drug-likeness (QED) is 0.829. The van der Waals surface area contributed by atoms with Crippen molar-refractivity contribution < 1.29 is 27.4 Å². The van der Waals surface area contributed by atoms with Crippen molar-refractivity contribution in [2.24, 2.45) is 0 Å². The van der Waals surface area contributed by atoms with Crippen LogP contribution in [0, 0.1) is 5.82 Å². The van der Waals surface area contributed by atoms with Crippen molar-refractivity contribution in [2.45, 2.75) is 45.1 Å². The third kappa shape index (κ3) is 3.49. The molecule has 20 heavy (non-hydrogen) atoms. The predicted octanol–water partition coefficient (Wildman–Crippen LogP) is 4.08. The molecule has 1 rings (SSSR count). The Balaban J connectivity index is 3.12. The Labute approximate surface area is 115 Å². The van der Waals surface area contributed by atoms with E-state index in [0.717, 1.165) is 6.07 Å². The molecule has 6 heteroatoms. The first-order valence-corrected chi connectivity index (χ1v) is 6.34. The molecule has 0 radical (unpaired) electrons. The molecule has 0 saturated carbocycles. The summed E-state index contributed by atoms with van der Waals surface area (Å²) in [6.07, 6.45) is -5.52. The van der Waals surface area contributed by atoms with Crippen LogP contribution in [0.3, 0.4) is 0 Å². The van der Waals surface area contributed by atoms with Crippen molar-refractivity contribution in [1.82, 2.24) is 0 Å². The van der Waals surface area contributed by atoms with E-state index in [0.29, 0.717) is 25.2 Å². The lowest BCUT2D eigenvalue weighted by Crippen LogP contribution is -2.35. The van der Waals surface area contributed by atoms with Crippen LogP contribution in [0.5, 0.6) is 0 Å². The summed E-state index contributed by atoms with van der Waals surface area (Å²) in [4.78, 5) is 0. The zero-order chi connectivity index (χ0) is 15.6. The van der Waals surface area contributed by atoms with Gasteiger partial charge in [-0.2, -0.15) is 13.2 Å². The molecule has 0 aliphatic rings. The van der Waals surface area contributed by atoms with E-state index >= 15 is 0 Å². The number of benzene rings is 1. The molecule has 0 heterocycles. The van der Waals surface area contributed by atoms with E-state index in [1.807, 2.05) is 0 Å². The van der Waals surface area contributed by atoms with Crippen molar-refractivity contribution >= 4 is 0 Å². The summed E-state index contributed by atoms with van der Waals surface area (Å²) < 4.78 is 56.4. The lowest BCUT2D eigenvalue weighted by Gasteiger charge is -2.33. The lowest BCUT2D eigenvalue weighted by atomic mass is 9.89. The van der Waals surface area contributed by atoms with Crippen molar-refractivity contribution in [3.63, 3.8) is 0 Å². The third-order valence-electron chi connectivity index (χ3n) is 3.37. The summed E-state index contributed by atoms with van der Waals surface area (Å²) in [5, 5.41) is 10.2. The van der Waals surface area contributed by atoms with Gasteiger partial charge in [0.15, 0.2) is 0 Å². The fourth-order valence-electron chi connectivity index (χ4n) is 1.99. The zero-order valence-corrected chi connectivity index (χ0v) is 11.6. The maximum absolute atomic E-state index is 13.5. The number of alkyl halides is 3. The van der Waals surface area contributed by atoms with Gasteiger partial charge in [-0.05, 0) is 38.0 Å². The second-order valence-electron chi connectivity index (χ2n) is 4.74. The van der Waals surface area contributed by atoms with Crippen LogP contribution in [0.4, 0.5) is 17.6 Å². The summed E-state index contributed by atoms with van der Waals surface area (Å²) >= 11 is 0. The monoisotopic (exact) mass is 294 g/mol. The summed E-state index contributed by atoms with van der Waals surface area (Å²) in [7, 11) is 0. The number of hydrogen-bond acceptors (Lipinski definition) is 2. The molecule has 0 spiro atoms. The van der Waals surface area contributed by atoms with Gasteiger partial charge in [-0.1, -0.05) is 13.0 Å². The molecule has 2 nitrogen and oxygen atoms in total. The SMILES string of the molecule is CCOC(C)(CC)C(O)c1ccc(C(F)(F)F)c(F)c1. The van der Waals surface area contributed by atoms with E-state index in [4.69, 9.17) is 4.74 Å². The maximum Gasteiger partial charge on any atom is 0.419 e. The highest BCUT2D eigenvalue weighted by Gasteiger charge is 2.37. The summed E-state index contributed by atoms with van der Waals surface area (Å²) in [6.45, 7) is 5.49. The minimum atomic E-state index is -4.75. The molecule has 0 aliphatic heterocycles. The molecule has 2 unspecified atom stereocenters. The number of aliphatic hydroxyl groups excluding tert-OH is 1. The molecule has 114 valence electrons. The van der Waals surface area contributed by atoms with Crippen LogP contribution in [-0.4, -0.2) is 17.3 Å². The highest BCUT2D eigenvalue weighted by atomic mass is 19.4. The molecule has 0 fully saturated rings. The minimum absolute atomic E-state index is 0.0632. The Bertz CT molecular complexity index is 459. The number of rotatable bonds is 5. The molecular formula is C14H18F4O2. The van der Waals surface area contributed by atoms with Gasteiger partial charge in [-0.25, -0.2) is 4.39 Å². The largest absolute Gasteiger partial charge is 0.419 e. The Kier molecular flexibility index (Phi) is 5.15. The summed E-state index contributed by atoms with van der Waals surface area (Å²) in [6, 6.07) is 2.42. The van der Waals surface area contributed by atoms with Gasteiger partial charge in [0.05, 0.1) is 11.2 Å². The van der Waals surface area contributed by atoms with Gasteiger partial charge >= 0.3 is 6.18 Å². The van der Waals surface area contributed by atoms with Gasteiger partial charge in [0, 0.05) is 6.61 Å². The van der Waals surface area contributed by atoms with Gasteiger partial charge in [-0.3, -0.25) is 0 Å². The topological polar surface area (TPSA) is 29.5 Å². The Morgan fingerprint density at radius 2 is 1.85 bits per heavy atom. The maximum atomic E-state index is 13.5. The molecule has 1 N–H and O–H groups in total. The van der Waals surface area contributed by atoms with Gasteiger partial charge in [0.25, 0.3) is 0 Å². The van der Waals surface area contributed by atoms with Gasteiger partial charge < -0.3 is 9.84 Å². The normalized spacial score (nSPS) is 16.8. The fourth-order valence-corrected chi connectivity index (χ4v) is 1.99. The number of aliphatic hydroxyl groups is 1. The van der Waals surface area contributed by atoms with Gasteiger partial charge in [-0.15, -0.1) is 0 Å². The highest BCUT2D eigenvalue weighted by Crippen LogP contribution is 2.36. The molecular weight excluding hydrogens is 276 g/mol. The molecule has 0 aliphatic carbocycles. The van der Waals surface area contributed by atoms with Crippen molar-refractivity contribution in [2.75, 3.05) is 6.61 Å². The van der Waals surface area contributed by atoms with Crippen LogP contribution in [0.2, 0.25) is 0 Å². The average molecular weight is 294 g/mol. The predicted molar refractivity (Wildman–Crippen MR) is 66.7 cm³/mol. The number of hydrogen-bond donors (Lipinski definition) is 1. The van der Waals surface area contributed by atoms with Crippen LogP contribution < -0.4 is 0 Å². The van der Waals surface area contributed by atoms with E-state index in [2.05, 4.69) is 0 Å².